The molecule has 0 bridgehead atoms. The molecular weight excluding hydrogens is 280 g/mol. The molecule has 0 fully saturated rings. The number of nitrogens with zero attached hydrogens (tertiary/aromatic N) is 1. The van der Waals surface area contributed by atoms with Crippen molar-refractivity contribution in [3.63, 3.8) is 0 Å². The van der Waals surface area contributed by atoms with Crippen LogP contribution in [0.2, 0.25) is 0 Å². The van der Waals surface area contributed by atoms with Crippen LogP contribution in [0.4, 0.5) is 0 Å². The first-order valence-electron chi connectivity index (χ1n) is 4.89. The Labute approximate surface area is 110 Å². The lowest BCUT2D eigenvalue weighted by atomic mass is 10.4. The minimum absolute atomic E-state index is 0.0802. The van der Waals surface area contributed by atoms with E-state index < -0.39 is 15.9 Å². The molecule has 1 amide bonds. The van der Waals surface area contributed by atoms with Crippen LogP contribution >= 0.6 is 11.6 Å². The van der Waals surface area contributed by atoms with E-state index in [1.807, 2.05) is 0 Å². The maximum Gasteiger partial charge on any atom is 0.287 e. The number of hydrogen-bond acceptors (Lipinski definition) is 4. The van der Waals surface area contributed by atoms with E-state index in [4.69, 9.17) is 16.0 Å². The summed E-state index contributed by atoms with van der Waals surface area (Å²) in [5.74, 6) is -0.662. The number of furan rings is 1. The number of nitrogens with one attached hydrogen (secondary N) is 1. The third-order valence-electron chi connectivity index (χ3n) is 1.98. The van der Waals surface area contributed by atoms with Crippen LogP contribution in [0.25, 0.3) is 0 Å². The molecule has 0 saturated carbocycles. The molecule has 0 atom stereocenters. The number of hydrogen-bond donors (Lipinski definition) is 1. The average molecular weight is 293 g/mol. The zero-order valence-electron chi connectivity index (χ0n) is 9.94. The number of carbonyl (C=O) groups is 1. The fourth-order valence-corrected chi connectivity index (χ4v) is 1.89. The Balaban J connectivity index is 2.87. The lowest BCUT2D eigenvalue weighted by Gasteiger charge is -2.07. The molecule has 1 heterocycles. The minimum atomic E-state index is -3.68. The summed E-state index contributed by atoms with van der Waals surface area (Å²) in [5, 5.41) is 2.39. The van der Waals surface area contributed by atoms with Crippen LogP contribution in [0.3, 0.4) is 0 Å². The SMILES string of the molecule is C=C(Cl)CNC(=O)c1ccc(S(=O)(=O)N(C)C)o1. The van der Waals surface area contributed by atoms with Gasteiger partial charge in [-0.3, -0.25) is 4.79 Å². The Hall–Kier alpha value is -1.31. The van der Waals surface area contributed by atoms with E-state index in [9.17, 15) is 13.2 Å². The summed E-state index contributed by atoms with van der Waals surface area (Å²) in [6.07, 6.45) is 0. The Morgan fingerprint density at radius 2 is 2.11 bits per heavy atom. The smallest absolute Gasteiger partial charge is 0.287 e. The molecule has 18 heavy (non-hydrogen) atoms. The van der Waals surface area contributed by atoms with E-state index in [0.29, 0.717) is 0 Å². The summed E-state index contributed by atoms with van der Waals surface area (Å²) < 4.78 is 29.4. The standard InChI is InChI=1S/C10H13ClN2O4S/c1-7(11)6-12-10(14)8-4-5-9(17-8)18(15,16)13(2)3/h4-5H,1,6H2,2-3H3,(H,12,14). The van der Waals surface area contributed by atoms with Crippen molar-refractivity contribution in [3.05, 3.63) is 29.5 Å². The highest BCUT2D eigenvalue weighted by atomic mass is 35.5. The molecule has 0 aliphatic heterocycles. The predicted octanol–water partition coefficient (Wildman–Crippen LogP) is 1.01. The highest BCUT2D eigenvalue weighted by Gasteiger charge is 2.23. The summed E-state index contributed by atoms with van der Waals surface area (Å²) in [6, 6.07) is 2.50. The van der Waals surface area contributed by atoms with Gasteiger partial charge in [0.2, 0.25) is 5.09 Å². The maximum absolute atomic E-state index is 11.7. The van der Waals surface area contributed by atoms with Gasteiger partial charge in [0.05, 0.1) is 6.54 Å². The molecule has 1 rings (SSSR count). The van der Waals surface area contributed by atoms with Crippen LogP contribution in [0.1, 0.15) is 10.6 Å². The Bertz CT molecular complexity index is 562. The van der Waals surface area contributed by atoms with Crippen LogP contribution in [-0.4, -0.2) is 39.3 Å². The number of halogens is 1. The fraction of sp³-hybridized carbons (Fsp3) is 0.300. The Kier molecular flexibility index (Phi) is 4.55. The minimum Gasteiger partial charge on any atom is -0.438 e. The molecule has 100 valence electrons. The summed E-state index contributed by atoms with van der Waals surface area (Å²) in [4.78, 5) is 11.5. The van der Waals surface area contributed by atoms with Gasteiger partial charge in [-0.25, -0.2) is 12.7 Å². The van der Waals surface area contributed by atoms with Gasteiger partial charge in [-0.15, -0.1) is 0 Å². The van der Waals surface area contributed by atoms with Gasteiger partial charge in [0.15, 0.2) is 5.76 Å². The maximum atomic E-state index is 11.7. The first kappa shape index (κ1) is 14.7. The van der Waals surface area contributed by atoms with Crippen molar-refractivity contribution in [2.75, 3.05) is 20.6 Å². The molecule has 0 unspecified atom stereocenters. The third kappa shape index (κ3) is 3.34. The van der Waals surface area contributed by atoms with Gasteiger partial charge in [0.1, 0.15) is 0 Å². The zero-order chi connectivity index (χ0) is 13.9. The van der Waals surface area contributed by atoms with Crippen molar-refractivity contribution in [2.24, 2.45) is 0 Å². The number of sulfonamides is 1. The van der Waals surface area contributed by atoms with Gasteiger partial charge in [0, 0.05) is 19.1 Å². The Morgan fingerprint density at radius 1 is 1.50 bits per heavy atom. The van der Waals surface area contributed by atoms with Crippen LogP contribution < -0.4 is 5.32 Å². The molecule has 8 heteroatoms. The lowest BCUT2D eigenvalue weighted by molar-refractivity contribution is 0.0924. The third-order valence-corrected chi connectivity index (χ3v) is 3.80. The summed E-state index contributed by atoms with van der Waals surface area (Å²) >= 11 is 5.49. The zero-order valence-corrected chi connectivity index (χ0v) is 11.5. The lowest BCUT2D eigenvalue weighted by Crippen LogP contribution is -2.24. The molecule has 0 aromatic carbocycles. The molecule has 0 saturated heterocycles. The van der Waals surface area contributed by atoms with E-state index in [1.54, 1.807) is 0 Å². The van der Waals surface area contributed by atoms with Crippen molar-refractivity contribution in [1.29, 1.82) is 0 Å². The molecule has 0 radical (unpaired) electrons. The van der Waals surface area contributed by atoms with Crippen LogP contribution in [0.15, 0.2) is 33.3 Å². The molecule has 0 spiro atoms. The van der Waals surface area contributed by atoms with Crippen LogP contribution in [0, 0.1) is 0 Å². The molecular formula is C10H13ClN2O4S. The second kappa shape index (κ2) is 5.55. The van der Waals surface area contributed by atoms with E-state index in [-0.39, 0.29) is 22.4 Å². The first-order valence-corrected chi connectivity index (χ1v) is 6.71. The normalized spacial score (nSPS) is 11.6. The second-order valence-electron chi connectivity index (χ2n) is 3.61. The highest BCUT2D eigenvalue weighted by molar-refractivity contribution is 7.88. The predicted molar refractivity (Wildman–Crippen MR) is 66.9 cm³/mol. The van der Waals surface area contributed by atoms with Gasteiger partial charge >= 0.3 is 0 Å². The molecule has 0 aliphatic rings. The topological polar surface area (TPSA) is 79.6 Å². The van der Waals surface area contributed by atoms with Crippen molar-refractivity contribution in [3.8, 4) is 0 Å². The van der Waals surface area contributed by atoms with E-state index in [2.05, 4.69) is 11.9 Å². The van der Waals surface area contributed by atoms with Crippen LogP contribution in [0.5, 0.6) is 0 Å². The van der Waals surface area contributed by atoms with Crippen molar-refractivity contribution in [1.82, 2.24) is 9.62 Å². The van der Waals surface area contributed by atoms with E-state index >= 15 is 0 Å². The monoisotopic (exact) mass is 292 g/mol. The first-order chi connectivity index (χ1) is 8.25. The Morgan fingerprint density at radius 3 is 2.61 bits per heavy atom. The van der Waals surface area contributed by atoms with E-state index in [1.165, 1.54) is 26.2 Å². The average Bonchev–Trinajstić information content (AvgIpc) is 2.75. The quantitative estimate of drug-likeness (QED) is 0.878. The molecule has 1 N–H and O–H groups in total. The second-order valence-corrected chi connectivity index (χ2v) is 6.22. The van der Waals surface area contributed by atoms with Gasteiger partial charge < -0.3 is 9.73 Å². The number of carbonyl (C=O) groups excluding carboxylic acids is 1. The highest BCUT2D eigenvalue weighted by Crippen LogP contribution is 2.16. The van der Waals surface area contributed by atoms with Crippen molar-refractivity contribution in [2.45, 2.75) is 5.09 Å². The van der Waals surface area contributed by atoms with Crippen LogP contribution in [-0.2, 0) is 10.0 Å². The summed E-state index contributed by atoms with van der Waals surface area (Å²) in [6.45, 7) is 3.49. The van der Waals surface area contributed by atoms with Gasteiger partial charge in [-0.05, 0) is 12.1 Å². The van der Waals surface area contributed by atoms with E-state index in [0.717, 1.165) is 4.31 Å². The summed E-state index contributed by atoms with van der Waals surface area (Å²) in [7, 11) is -0.938. The van der Waals surface area contributed by atoms with Gasteiger partial charge in [0.25, 0.3) is 15.9 Å². The number of rotatable bonds is 5. The summed E-state index contributed by atoms with van der Waals surface area (Å²) in [5.41, 5.74) is 0. The molecule has 1 aromatic heterocycles. The largest absolute Gasteiger partial charge is 0.438 e. The molecule has 0 aliphatic carbocycles. The fourth-order valence-electron chi connectivity index (χ4n) is 1.02. The van der Waals surface area contributed by atoms with Crippen molar-refractivity contribution < 1.29 is 17.6 Å². The van der Waals surface area contributed by atoms with Gasteiger partial charge in [-0.2, -0.15) is 0 Å². The van der Waals surface area contributed by atoms with Gasteiger partial charge in [-0.1, -0.05) is 18.2 Å². The number of amides is 1. The van der Waals surface area contributed by atoms with Crippen molar-refractivity contribution >= 4 is 27.5 Å². The molecule has 1 aromatic rings. The molecule has 6 nitrogen and oxygen atoms in total.